The molecule has 0 amide bonds. The van der Waals surface area contributed by atoms with E-state index in [2.05, 4.69) is 4.98 Å². The number of ether oxygens (including phenoxy) is 1. The molecular weight excluding hydrogens is 196 g/mol. The van der Waals surface area contributed by atoms with Crippen LogP contribution in [0.4, 0.5) is 5.69 Å². The first-order valence-corrected chi connectivity index (χ1v) is 4.95. The highest BCUT2D eigenvalue weighted by atomic mass is 16.6. The summed E-state index contributed by atoms with van der Waals surface area (Å²) in [5, 5.41) is 10.7. The van der Waals surface area contributed by atoms with E-state index in [1.807, 2.05) is 13.8 Å². The molecule has 5 nitrogen and oxygen atoms in total. The number of hydrogen-bond acceptors (Lipinski definition) is 4. The second kappa shape index (κ2) is 5.29. The highest BCUT2D eigenvalue weighted by Gasteiger charge is 2.18. The van der Waals surface area contributed by atoms with Gasteiger partial charge in [-0.05, 0) is 18.9 Å². The molecule has 0 unspecified atom stereocenters. The number of pyridine rings is 1. The maximum atomic E-state index is 10.7. The third kappa shape index (κ3) is 2.90. The van der Waals surface area contributed by atoms with Gasteiger partial charge in [-0.25, -0.2) is 4.98 Å². The molecule has 1 aromatic heterocycles. The van der Waals surface area contributed by atoms with Gasteiger partial charge in [0, 0.05) is 12.3 Å². The summed E-state index contributed by atoms with van der Waals surface area (Å²) in [7, 11) is 0. The Morgan fingerprint density at radius 2 is 2.20 bits per heavy atom. The molecule has 0 fully saturated rings. The van der Waals surface area contributed by atoms with E-state index >= 15 is 0 Å². The Labute approximate surface area is 88.2 Å². The normalized spacial score (nSPS) is 10.3. The molecule has 0 atom stereocenters. The molecule has 0 aliphatic heterocycles. The molecule has 1 rings (SSSR count). The Hall–Kier alpha value is -1.65. The molecule has 0 bridgehead atoms. The lowest BCUT2D eigenvalue weighted by Gasteiger charge is -2.13. The summed E-state index contributed by atoms with van der Waals surface area (Å²) < 4.78 is 5.45. The van der Waals surface area contributed by atoms with Crippen LogP contribution in [0.5, 0.6) is 5.88 Å². The standard InChI is InChI=1S/C10H14N2O3/c1-3-8(4-2)15-10-9(12(13)14)6-5-7-11-10/h5-8H,3-4H2,1-2H3. The number of aromatic nitrogens is 1. The van der Waals surface area contributed by atoms with Crippen molar-refractivity contribution in [3.8, 4) is 5.88 Å². The van der Waals surface area contributed by atoms with E-state index in [0.717, 1.165) is 12.8 Å². The number of rotatable bonds is 5. The van der Waals surface area contributed by atoms with Gasteiger partial charge in [0.05, 0.1) is 4.92 Å². The van der Waals surface area contributed by atoms with Crippen LogP contribution < -0.4 is 4.74 Å². The zero-order valence-corrected chi connectivity index (χ0v) is 8.84. The molecule has 0 aliphatic carbocycles. The highest BCUT2D eigenvalue weighted by molar-refractivity contribution is 5.39. The van der Waals surface area contributed by atoms with E-state index in [1.165, 1.54) is 18.3 Å². The highest BCUT2D eigenvalue weighted by Crippen LogP contribution is 2.24. The van der Waals surface area contributed by atoms with Crippen molar-refractivity contribution in [3.63, 3.8) is 0 Å². The second-order valence-corrected chi connectivity index (χ2v) is 3.14. The van der Waals surface area contributed by atoms with Gasteiger partial charge in [0.1, 0.15) is 6.10 Å². The van der Waals surface area contributed by atoms with Crippen molar-refractivity contribution in [1.29, 1.82) is 0 Å². The predicted molar refractivity (Wildman–Crippen MR) is 55.9 cm³/mol. The first-order chi connectivity index (χ1) is 7.19. The van der Waals surface area contributed by atoms with Crippen LogP contribution >= 0.6 is 0 Å². The lowest BCUT2D eigenvalue weighted by Crippen LogP contribution is -2.15. The molecule has 15 heavy (non-hydrogen) atoms. The minimum absolute atomic E-state index is 0.0152. The Balaban J connectivity index is 2.88. The summed E-state index contributed by atoms with van der Waals surface area (Å²) in [6, 6.07) is 2.92. The monoisotopic (exact) mass is 210 g/mol. The van der Waals surface area contributed by atoms with Gasteiger partial charge in [0.25, 0.3) is 5.88 Å². The molecule has 0 aliphatic rings. The minimum atomic E-state index is -0.481. The van der Waals surface area contributed by atoms with Gasteiger partial charge >= 0.3 is 5.69 Å². The second-order valence-electron chi connectivity index (χ2n) is 3.14. The Bertz CT molecular complexity index is 337. The van der Waals surface area contributed by atoms with Crippen LogP contribution in [0.15, 0.2) is 18.3 Å². The summed E-state index contributed by atoms with van der Waals surface area (Å²) in [5.74, 6) is 0.108. The van der Waals surface area contributed by atoms with E-state index in [0.29, 0.717) is 0 Å². The van der Waals surface area contributed by atoms with Crippen molar-refractivity contribution in [2.45, 2.75) is 32.8 Å². The van der Waals surface area contributed by atoms with Crippen molar-refractivity contribution in [1.82, 2.24) is 4.98 Å². The molecule has 82 valence electrons. The van der Waals surface area contributed by atoms with E-state index in [1.54, 1.807) is 0 Å². The maximum absolute atomic E-state index is 10.7. The van der Waals surface area contributed by atoms with E-state index in [9.17, 15) is 10.1 Å². The summed E-state index contributed by atoms with van der Waals surface area (Å²) in [6.45, 7) is 3.95. The van der Waals surface area contributed by atoms with Crippen LogP contribution in [0.3, 0.4) is 0 Å². The smallest absolute Gasteiger partial charge is 0.330 e. The van der Waals surface area contributed by atoms with Crippen LogP contribution in [0.1, 0.15) is 26.7 Å². The maximum Gasteiger partial charge on any atom is 0.330 e. The summed E-state index contributed by atoms with van der Waals surface area (Å²) in [5.41, 5.74) is -0.0793. The van der Waals surface area contributed by atoms with Crippen molar-refractivity contribution >= 4 is 5.69 Å². The van der Waals surface area contributed by atoms with Crippen LogP contribution in [-0.2, 0) is 0 Å². The molecule has 0 radical (unpaired) electrons. The molecule has 0 N–H and O–H groups in total. The van der Waals surface area contributed by atoms with E-state index < -0.39 is 4.92 Å². The van der Waals surface area contributed by atoms with Crippen molar-refractivity contribution in [3.05, 3.63) is 28.4 Å². The summed E-state index contributed by atoms with van der Waals surface area (Å²) in [6.07, 6.45) is 3.10. The Morgan fingerprint density at radius 3 is 2.73 bits per heavy atom. The van der Waals surface area contributed by atoms with E-state index in [-0.39, 0.29) is 17.7 Å². The summed E-state index contributed by atoms with van der Waals surface area (Å²) in [4.78, 5) is 14.1. The number of nitro groups is 1. The zero-order chi connectivity index (χ0) is 11.3. The van der Waals surface area contributed by atoms with Crippen LogP contribution in [0, 0.1) is 10.1 Å². The fourth-order valence-corrected chi connectivity index (χ4v) is 1.23. The lowest BCUT2D eigenvalue weighted by molar-refractivity contribution is -0.386. The summed E-state index contributed by atoms with van der Waals surface area (Å²) >= 11 is 0. The molecule has 1 heterocycles. The van der Waals surface area contributed by atoms with Crippen molar-refractivity contribution in [2.75, 3.05) is 0 Å². The van der Waals surface area contributed by atoms with Gasteiger partial charge < -0.3 is 4.74 Å². The van der Waals surface area contributed by atoms with Gasteiger partial charge in [-0.1, -0.05) is 13.8 Å². The van der Waals surface area contributed by atoms with Gasteiger partial charge in [0.2, 0.25) is 0 Å². The fourth-order valence-electron chi connectivity index (χ4n) is 1.23. The predicted octanol–water partition coefficient (Wildman–Crippen LogP) is 2.56. The topological polar surface area (TPSA) is 65.3 Å². The SMILES string of the molecule is CCC(CC)Oc1ncccc1[N+](=O)[O-]. The average Bonchev–Trinajstić information content (AvgIpc) is 2.26. The molecule has 0 aromatic carbocycles. The lowest BCUT2D eigenvalue weighted by atomic mass is 10.2. The van der Waals surface area contributed by atoms with Crippen LogP contribution in [0.2, 0.25) is 0 Å². The van der Waals surface area contributed by atoms with Crippen molar-refractivity contribution < 1.29 is 9.66 Å². The molecule has 0 spiro atoms. The van der Waals surface area contributed by atoms with Gasteiger partial charge in [-0.2, -0.15) is 0 Å². The Kier molecular flexibility index (Phi) is 4.03. The third-order valence-corrected chi connectivity index (χ3v) is 2.14. The Morgan fingerprint density at radius 1 is 1.53 bits per heavy atom. The number of nitrogens with zero attached hydrogens (tertiary/aromatic N) is 2. The number of hydrogen-bond donors (Lipinski definition) is 0. The minimum Gasteiger partial charge on any atom is -0.470 e. The molecule has 0 saturated heterocycles. The van der Waals surface area contributed by atoms with Gasteiger partial charge in [-0.15, -0.1) is 0 Å². The van der Waals surface area contributed by atoms with Crippen LogP contribution in [-0.4, -0.2) is 16.0 Å². The fraction of sp³-hybridized carbons (Fsp3) is 0.500. The largest absolute Gasteiger partial charge is 0.470 e. The van der Waals surface area contributed by atoms with Gasteiger partial charge in [-0.3, -0.25) is 10.1 Å². The molecule has 0 saturated carbocycles. The molecule has 1 aromatic rings. The van der Waals surface area contributed by atoms with Gasteiger partial charge in [0.15, 0.2) is 0 Å². The van der Waals surface area contributed by atoms with Crippen LogP contribution in [0.25, 0.3) is 0 Å². The first kappa shape index (κ1) is 11.4. The third-order valence-electron chi connectivity index (χ3n) is 2.14. The zero-order valence-electron chi connectivity index (χ0n) is 8.84. The van der Waals surface area contributed by atoms with Crippen molar-refractivity contribution in [2.24, 2.45) is 0 Å². The molecular formula is C10H14N2O3. The average molecular weight is 210 g/mol. The first-order valence-electron chi connectivity index (χ1n) is 4.95. The quantitative estimate of drug-likeness (QED) is 0.553. The van der Waals surface area contributed by atoms with E-state index in [4.69, 9.17) is 4.74 Å². The molecule has 5 heteroatoms.